The average Bonchev–Trinajstić information content (AvgIpc) is 3.64. The van der Waals surface area contributed by atoms with E-state index in [1.807, 2.05) is 0 Å². The van der Waals surface area contributed by atoms with E-state index in [2.05, 4.69) is 194 Å². The molecule has 55 heavy (non-hydrogen) atoms. The molecule has 1 heterocycles. The van der Waals surface area contributed by atoms with Crippen molar-refractivity contribution in [3.05, 3.63) is 194 Å². The highest BCUT2D eigenvalue weighted by Crippen LogP contribution is 2.49. The summed E-state index contributed by atoms with van der Waals surface area (Å²) in [5.41, 5.74) is 9.28. The first-order valence-corrected chi connectivity index (χ1v) is 19.0. The van der Waals surface area contributed by atoms with E-state index in [1.54, 1.807) is 0 Å². The van der Waals surface area contributed by atoms with Crippen LogP contribution in [0, 0.1) is 0 Å². The molecule has 0 radical (unpaired) electrons. The largest absolute Gasteiger partial charge is 0.455 e. The number of rotatable bonds is 3. The fourth-order valence-electron chi connectivity index (χ4n) is 9.49. The molecule has 0 spiro atoms. The van der Waals surface area contributed by atoms with Gasteiger partial charge >= 0.3 is 0 Å². The molecule has 1 nitrogen and oxygen atoms in total. The molecular formula is C54H32O. The molecule has 0 bridgehead atoms. The molecule has 0 unspecified atom stereocenters. The Hall–Kier alpha value is -7.22. The molecule has 12 aromatic rings. The quantitative estimate of drug-likeness (QED) is 0.168. The molecule has 0 aliphatic heterocycles. The Balaban J connectivity index is 1.15. The van der Waals surface area contributed by atoms with Gasteiger partial charge in [-0.05, 0) is 105 Å². The third kappa shape index (κ3) is 4.35. The number of benzene rings is 11. The Labute approximate surface area is 317 Å². The summed E-state index contributed by atoms with van der Waals surface area (Å²) in [6, 6.07) is 71.0. The van der Waals surface area contributed by atoms with Crippen LogP contribution in [0.3, 0.4) is 0 Å². The summed E-state index contributed by atoms with van der Waals surface area (Å²) in [7, 11) is 0. The molecular weight excluding hydrogens is 665 g/mol. The number of hydrogen-bond donors (Lipinski definition) is 0. The van der Waals surface area contributed by atoms with Gasteiger partial charge in [0.1, 0.15) is 11.2 Å². The second kappa shape index (κ2) is 11.6. The minimum Gasteiger partial charge on any atom is -0.455 e. The normalized spacial score (nSPS) is 12.0. The minimum absolute atomic E-state index is 0.911. The van der Waals surface area contributed by atoms with Gasteiger partial charge < -0.3 is 4.42 Å². The number of fused-ring (bicyclic) bond motifs is 11. The van der Waals surface area contributed by atoms with Gasteiger partial charge in [0.15, 0.2) is 0 Å². The number of hydrogen-bond acceptors (Lipinski definition) is 1. The zero-order valence-electron chi connectivity index (χ0n) is 29.9. The van der Waals surface area contributed by atoms with Crippen LogP contribution in [0.15, 0.2) is 199 Å². The van der Waals surface area contributed by atoms with Crippen molar-refractivity contribution in [2.75, 3.05) is 0 Å². The highest BCUT2D eigenvalue weighted by atomic mass is 16.3. The Kier molecular flexibility index (Phi) is 6.40. The third-order valence-corrected chi connectivity index (χ3v) is 11.8. The predicted molar refractivity (Wildman–Crippen MR) is 235 cm³/mol. The Morgan fingerprint density at radius 2 is 0.691 bits per heavy atom. The summed E-state index contributed by atoms with van der Waals surface area (Å²) >= 11 is 0. The molecule has 0 amide bonds. The van der Waals surface area contributed by atoms with Gasteiger partial charge in [0.2, 0.25) is 0 Å². The van der Waals surface area contributed by atoms with E-state index in [4.69, 9.17) is 4.42 Å². The second-order valence-corrected chi connectivity index (χ2v) is 14.7. The predicted octanol–water partition coefficient (Wildman–Crippen LogP) is 15.5. The highest BCUT2D eigenvalue weighted by molar-refractivity contribution is 6.28. The van der Waals surface area contributed by atoms with Gasteiger partial charge in [-0.25, -0.2) is 0 Å². The van der Waals surface area contributed by atoms with E-state index in [0.29, 0.717) is 0 Å². The van der Waals surface area contributed by atoms with Crippen LogP contribution in [0.4, 0.5) is 0 Å². The lowest BCUT2D eigenvalue weighted by molar-refractivity contribution is 0.673. The highest BCUT2D eigenvalue weighted by Gasteiger charge is 2.22. The van der Waals surface area contributed by atoms with Gasteiger partial charge in [0.25, 0.3) is 0 Å². The first kappa shape index (κ1) is 30.3. The molecule has 0 aliphatic carbocycles. The lowest BCUT2D eigenvalue weighted by Crippen LogP contribution is -1.93. The lowest BCUT2D eigenvalue weighted by atomic mass is 9.82. The molecule has 254 valence electrons. The molecule has 0 saturated heterocycles. The Morgan fingerprint density at radius 3 is 1.33 bits per heavy atom. The molecule has 11 aromatic carbocycles. The van der Waals surface area contributed by atoms with E-state index in [-0.39, 0.29) is 0 Å². The summed E-state index contributed by atoms with van der Waals surface area (Å²) in [4.78, 5) is 0. The van der Waals surface area contributed by atoms with Crippen molar-refractivity contribution in [2.24, 2.45) is 0 Å². The fourth-order valence-corrected chi connectivity index (χ4v) is 9.49. The minimum atomic E-state index is 0.911. The van der Waals surface area contributed by atoms with Crippen LogP contribution >= 0.6 is 0 Å². The van der Waals surface area contributed by atoms with Crippen LogP contribution in [0.2, 0.25) is 0 Å². The van der Waals surface area contributed by atoms with Crippen LogP contribution in [0.5, 0.6) is 0 Å². The first-order valence-electron chi connectivity index (χ1n) is 19.0. The Morgan fingerprint density at radius 1 is 0.255 bits per heavy atom. The maximum absolute atomic E-state index is 6.81. The van der Waals surface area contributed by atoms with Crippen molar-refractivity contribution in [1.82, 2.24) is 0 Å². The zero-order valence-corrected chi connectivity index (χ0v) is 29.9. The van der Waals surface area contributed by atoms with Crippen LogP contribution in [-0.2, 0) is 0 Å². The van der Waals surface area contributed by atoms with E-state index < -0.39 is 0 Å². The molecule has 12 rings (SSSR count). The maximum atomic E-state index is 6.81. The molecule has 0 saturated carbocycles. The summed E-state index contributed by atoms with van der Waals surface area (Å²) in [5.74, 6) is 0. The molecule has 0 aliphatic rings. The van der Waals surface area contributed by atoms with Crippen molar-refractivity contribution >= 4 is 86.6 Å². The first-order chi connectivity index (χ1) is 27.3. The molecule has 0 atom stereocenters. The molecule has 0 fully saturated rings. The maximum Gasteiger partial charge on any atom is 0.143 e. The zero-order chi connectivity index (χ0) is 36.0. The smallest absolute Gasteiger partial charge is 0.143 e. The summed E-state index contributed by atoms with van der Waals surface area (Å²) < 4.78 is 6.81. The van der Waals surface area contributed by atoms with E-state index in [1.165, 1.54) is 98.0 Å². The van der Waals surface area contributed by atoms with Gasteiger partial charge in [0.05, 0.1) is 0 Å². The summed E-state index contributed by atoms with van der Waals surface area (Å²) in [6.07, 6.45) is 0. The van der Waals surface area contributed by atoms with E-state index >= 15 is 0 Å². The topological polar surface area (TPSA) is 13.1 Å². The standard InChI is InChI=1S/C54H32O/c1-3-17-35-33(14-1)16-13-27-41(35)51-43-23-9-11-25-45(43)52(46-26-12-10-24-44(46)51)47-31-30-40(37-19-5-6-20-38(37)47)49-32-50-53(42-22-8-7-21-39(42)49)48-29-28-34-15-2-4-18-36(34)54(48)55-50/h1-32H. The number of furan rings is 1. The second-order valence-electron chi connectivity index (χ2n) is 14.7. The van der Waals surface area contributed by atoms with Crippen LogP contribution < -0.4 is 0 Å². The van der Waals surface area contributed by atoms with E-state index in [0.717, 1.165) is 21.9 Å². The van der Waals surface area contributed by atoms with Crippen molar-refractivity contribution in [3.63, 3.8) is 0 Å². The average molecular weight is 697 g/mol. The monoisotopic (exact) mass is 696 g/mol. The summed E-state index contributed by atoms with van der Waals surface area (Å²) in [6.45, 7) is 0. The van der Waals surface area contributed by atoms with Crippen LogP contribution in [-0.4, -0.2) is 0 Å². The summed E-state index contributed by atoms with van der Waals surface area (Å²) in [5, 5.41) is 17.1. The molecule has 1 aromatic heterocycles. The van der Waals surface area contributed by atoms with E-state index in [9.17, 15) is 0 Å². The van der Waals surface area contributed by atoms with Crippen LogP contribution in [0.25, 0.3) is 120 Å². The Bertz CT molecular complexity index is 3490. The van der Waals surface area contributed by atoms with Crippen molar-refractivity contribution in [3.8, 4) is 33.4 Å². The fraction of sp³-hybridized carbons (Fsp3) is 0. The van der Waals surface area contributed by atoms with Gasteiger partial charge in [-0.2, -0.15) is 0 Å². The third-order valence-electron chi connectivity index (χ3n) is 11.8. The lowest BCUT2D eigenvalue weighted by Gasteiger charge is -2.20. The SMILES string of the molecule is c1ccc2c(-c3c4ccccc4c(-c4ccc(-c5cc6oc7c8ccccc8ccc7c6c6ccccc56)c5ccccc45)c4ccccc34)cccc2c1. The van der Waals surface area contributed by atoms with Crippen molar-refractivity contribution in [2.45, 2.75) is 0 Å². The van der Waals surface area contributed by atoms with Gasteiger partial charge in [0, 0.05) is 16.2 Å². The molecule has 1 heteroatoms. The van der Waals surface area contributed by atoms with Crippen LogP contribution in [0.1, 0.15) is 0 Å². The van der Waals surface area contributed by atoms with Crippen molar-refractivity contribution < 1.29 is 4.42 Å². The van der Waals surface area contributed by atoms with Gasteiger partial charge in [-0.3, -0.25) is 0 Å². The van der Waals surface area contributed by atoms with Crippen molar-refractivity contribution in [1.29, 1.82) is 0 Å². The molecule has 0 N–H and O–H groups in total. The van der Waals surface area contributed by atoms with Gasteiger partial charge in [-0.1, -0.05) is 182 Å². The van der Waals surface area contributed by atoms with Gasteiger partial charge in [-0.15, -0.1) is 0 Å².